The highest BCUT2D eigenvalue weighted by molar-refractivity contribution is 5.97. The summed E-state index contributed by atoms with van der Waals surface area (Å²) in [5.74, 6) is 0.493. The first-order valence-corrected chi connectivity index (χ1v) is 10.1. The van der Waals surface area contributed by atoms with Crippen LogP contribution < -0.4 is 5.73 Å². The van der Waals surface area contributed by atoms with Crippen LogP contribution in [0.25, 0.3) is 33.5 Å². The first-order valence-electron chi connectivity index (χ1n) is 10.1. The Bertz CT molecular complexity index is 1460. The van der Waals surface area contributed by atoms with Gasteiger partial charge in [-0.05, 0) is 47.9 Å². The second-order valence-electron chi connectivity index (χ2n) is 7.85. The average molecular weight is 392 g/mol. The van der Waals surface area contributed by atoms with Crippen molar-refractivity contribution in [3.63, 3.8) is 0 Å². The third-order valence-corrected chi connectivity index (χ3v) is 6.12. The highest BCUT2D eigenvalue weighted by Gasteiger charge is 2.21. The number of aromatic nitrogens is 3. The van der Waals surface area contributed by atoms with Gasteiger partial charge in [0.25, 0.3) is 0 Å². The van der Waals surface area contributed by atoms with E-state index < -0.39 is 5.91 Å². The van der Waals surface area contributed by atoms with Crippen molar-refractivity contribution in [1.82, 2.24) is 14.1 Å². The maximum absolute atomic E-state index is 11.7. The number of carbonyl (C=O) groups excluding carboxylic acids is 1. The molecule has 1 amide bonds. The number of imidazole rings is 1. The fraction of sp³-hybridized carbons (Fsp3) is 0.120. The number of amides is 1. The smallest absolute Gasteiger partial charge is 0.248 e. The molecule has 0 atom stereocenters. The van der Waals surface area contributed by atoms with E-state index >= 15 is 0 Å². The Hall–Kier alpha value is -3.86. The number of benzene rings is 3. The van der Waals surface area contributed by atoms with Crippen molar-refractivity contribution in [3.8, 4) is 11.5 Å². The van der Waals surface area contributed by atoms with Gasteiger partial charge in [-0.25, -0.2) is 4.98 Å². The van der Waals surface area contributed by atoms with Crippen LogP contribution in [0.3, 0.4) is 0 Å². The van der Waals surface area contributed by atoms with E-state index in [2.05, 4.69) is 63.7 Å². The molecule has 2 N–H and O–H groups in total. The molecule has 5 nitrogen and oxygen atoms in total. The van der Waals surface area contributed by atoms with Gasteiger partial charge in [-0.15, -0.1) is 0 Å². The topological polar surface area (TPSA) is 65.8 Å². The number of para-hydroxylation sites is 1. The van der Waals surface area contributed by atoms with Gasteiger partial charge < -0.3 is 14.9 Å². The maximum atomic E-state index is 11.7. The van der Waals surface area contributed by atoms with Crippen molar-refractivity contribution in [2.24, 2.45) is 5.73 Å². The summed E-state index contributed by atoms with van der Waals surface area (Å²) in [5.41, 5.74) is 12.8. The van der Waals surface area contributed by atoms with Crippen molar-refractivity contribution < 1.29 is 4.79 Å². The molecule has 1 aliphatic rings. The molecule has 6 rings (SSSR count). The summed E-state index contributed by atoms with van der Waals surface area (Å²) in [6.07, 6.45) is 0.926. The van der Waals surface area contributed by atoms with Gasteiger partial charge in [0.1, 0.15) is 0 Å². The van der Waals surface area contributed by atoms with Crippen molar-refractivity contribution in [2.45, 2.75) is 19.5 Å². The highest BCUT2D eigenvalue weighted by Crippen LogP contribution is 2.33. The lowest BCUT2D eigenvalue weighted by Gasteiger charge is -2.11. The van der Waals surface area contributed by atoms with Crippen molar-refractivity contribution >= 4 is 27.8 Å². The minimum absolute atomic E-state index is 0.433. The zero-order chi connectivity index (χ0) is 20.2. The van der Waals surface area contributed by atoms with E-state index in [-0.39, 0.29) is 0 Å². The molecule has 0 saturated carbocycles. The van der Waals surface area contributed by atoms with E-state index in [9.17, 15) is 4.79 Å². The van der Waals surface area contributed by atoms with Gasteiger partial charge in [0.05, 0.1) is 16.7 Å². The van der Waals surface area contributed by atoms with E-state index in [1.54, 1.807) is 12.1 Å². The van der Waals surface area contributed by atoms with Crippen LogP contribution in [0.5, 0.6) is 0 Å². The van der Waals surface area contributed by atoms with Crippen LogP contribution in [-0.2, 0) is 19.5 Å². The van der Waals surface area contributed by atoms with Gasteiger partial charge in [-0.1, -0.05) is 42.5 Å². The molecule has 5 aromatic rings. The molecule has 2 aromatic heterocycles. The van der Waals surface area contributed by atoms with Crippen molar-refractivity contribution in [2.75, 3.05) is 0 Å². The summed E-state index contributed by atoms with van der Waals surface area (Å²) < 4.78 is 4.62. The fourth-order valence-electron chi connectivity index (χ4n) is 4.63. The number of aryl methyl sites for hydroxylation is 2. The molecule has 1 aliphatic heterocycles. The molecule has 0 bridgehead atoms. The van der Waals surface area contributed by atoms with Crippen molar-refractivity contribution in [3.05, 3.63) is 89.5 Å². The number of nitrogens with two attached hydrogens (primary N) is 1. The van der Waals surface area contributed by atoms with Gasteiger partial charge in [-0.2, -0.15) is 0 Å². The Labute approximate surface area is 173 Å². The summed E-state index contributed by atoms with van der Waals surface area (Å²) in [7, 11) is 0. The number of rotatable bonds is 1. The predicted molar refractivity (Wildman–Crippen MR) is 118 cm³/mol. The Balaban J connectivity index is 1.68. The van der Waals surface area contributed by atoms with Crippen LogP contribution >= 0.6 is 0 Å². The lowest BCUT2D eigenvalue weighted by atomic mass is 10.0. The Morgan fingerprint density at radius 3 is 2.53 bits per heavy atom. The summed E-state index contributed by atoms with van der Waals surface area (Å²) in [4.78, 5) is 16.7. The second-order valence-corrected chi connectivity index (χ2v) is 7.85. The molecule has 0 saturated heterocycles. The molecule has 3 aromatic carbocycles. The van der Waals surface area contributed by atoms with Gasteiger partial charge in [0.15, 0.2) is 5.82 Å². The van der Waals surface area contributed by atoms with Crippen LogP contribution in [0.2, 0.25) is 0 Å². The maximum Gasteiger partial charge on any atom is 0.248 e. The molecule has 3 heterocycles. The van der Waals surface area contributed by atoms with Gasteiger partial charge in [-0.3, -0.25) is 4.79 Å². The minimum atomic E-state index is -0.433. The molecule has 0 spiro atoms. The number of hydrogen-bond acceptors (Lipinski definition) is 2. The Morgan fingerprint density at radius 2 is 1.67 bits per heavy atom. The van der Waals surface area contributed by atoms with Crippen molar-refractivity contribution in [1.29, 1.82) is 0 Å². The Morgan fingerprint density at radius 1 is 0.867 bits per heavy atom. The number of hydrogen-bond donors (Lipinski definition) is 1. The van der Waals surface area contributed by atoms with Crippen LogP contribution in [-0.4, -0.2) is 20.0 Å². The van der Waals surface area contributed by atoms with E-state index in [1.807, 2.05) is 6.07 Å². The lowest BCUT2D eigenvalue weighted by molar-refractivity contribution is 0.100. The average Bonchev–Trinajstić information content (AvgIpc) is 3.31. The largest absolute Gasteiger partial charge is 0.366 e. The van der Waals surface area contributed by atoms with Gasteiger partial charge >= 0.3 is 0 Å². The molecule has 0 fully saturated rings. The SMILES string of the molecule is NC(=O)c1ccc2c(c1)nc1n2CCc2ccccc2Cn2c-1cc1ccccc12. The molecular formula is C25H20N4O. The molecule has 146 valence electrons. The quantitative estimate of drug-likeness (QED) is 0.461. The molecular weight excluding hydrogens is 372 g/mol. The van der Waals surface area contributed by atoms with E-state index in [0.29, 0.717) is 5.56 Å². The second kappa shape index (κ2) is 6.32. The Kier molecular flexibility index (Phi) is 3.59. The molecule has 0 radical (unpaired) electrons. The lowest BCUT2D eigenvalue weighted by Crippen LogP contribution is -2.10. The van der Waals surface area contributed by atoms with Gasteiger partial charge in [0, 0.05) is 29.6 Å². The van der Waals surface area contributed by atoms with Crippen LogP contribution in [0.1, 0.15) is 21.5 Å². The minimum Gasteiger partial charge on any atom is -0.366 e. The molecule has 0 unspecified atom stereocenters. The van der Waals surface area contributed by atoms with E-state index in [1.165, 1.54) is 22.0 Å². The number of fused-ring (bicyclic) bond motifs is 8. The van der Waals surface area contributed by atoms with E-state index in [4.69, 9.17) is 10.7 Å². The summed E-state index contributed by atoms with van der Waals surface area (Å²) in [6.45, 7) is 1.62. The molecule has 5 heteroatoms. The standard InChI is InChI=1S/C25H20N4O/c26-24(30)18-9-10-22-20(13-18)27-25-23-14-17-6-3-4-8-21(17)29(23)15-19-7-2-1-5-16(19)11-12-28(22)25/h1-10,13-14H,11-12,15H2,(H2,26,30). The van der Waals surface area contributed by atoms with E-state index in [0.717, 1.165) is 42.1 Å². The highest BCUT2D eigenvalue weighted by atomic mass is 16.1. The number of primary amides is 1. The zero-order valence-electron chi connectivity index (χ0n) is 16.4. The molecule has 0 aliphatic carbocycles. The van der Waals surface area contributed by atoms with Crippen LogP contribution in [0, 0.1) is 0 Å². The first-order chi connectivity index (χ1) is 14.7. The normalized spacial score (nSPS) is 13.2. The zero-order valence-corrected chi connectivity index (χ0v) is 16.4. The number of carbonyl (C=O) groups is 1. The third kappa shape index (κ3) is 2.48. The fourth-order valence-corrected chi connectivity index (χ4v) is 4.63. The van der Waals surface area contributed by atoms with Crippen LogP contribution in [0.4, 0.5) is 0 Å². The monoisotopic (exact) mass is 392 g/mol. The predicted octanol–water partition coefficient (Wildman–Crippen LogP) is 4.36. The van der Waals surface area contributed by atoms with Gasteiger partial charge in [0.2, 0.25) is 5.91 Å². The molecule has 30 heavy (non-hydrogen) atoms. The number of nitrogens with zero attached hydrogens (tertiary/aromatic N) is 3. The summed E-state index contributed by atoms with van der Waals surface area (Å²) >= 11 is 0. The third-order valence-electron chi connectivity index (χ3n) is 6.12. The first kappa shape index (κ1) is 17.0. The summed E-state index contributed by atoms with van der Waals surface area (Å²) in [5, 5.41) is 1.20. The van der Waals surface area contributed by atoms with Crippen LogP contribution in [0.15, 0.2) is 72.8 Å². The summed E-state index contributed by atoms with van der Waals surface area (Å²) in [6, 6.07) is 24.9.